The molecule has 0 radical (unpaired) electrons. The van der Waals surface area contributed by atoms with Crippen LogP contribution in [-0.2, 0) is 11.3 Å². The third-order valence-corrected chi connectivity index (χ3v) is 3.11. The summed E-state index contributed by atoms with van der Waals surface area (Å²) in [4.78, 5) is 12.8. The van der Waals surface area contributed by atoms with E-state index in [1.54, 1.807) is 0 Å². The first-order valence-corrected chi connectivity index (χ1v) is 6.33. The molecule has 1 aromatic carbocycles. The number of benzene rings is 1. The summed E-state index contributed by atoms with van der Waals surface area (Å²) < 4.78 is 5.46. The molecular weight excluding hydrogens is 230 g/mol. The van der Waals surface area contributed by atoms with Crippen LogP contribution in [-0.4, -0.2) is 35.7 Å². The molecule has 1 aromatic rings. The molecule has 0 saturated carbocycles. The summed E-state index contributed by atoms with van der Waals surface area (Å²) in [6, 6.07) is 8.08. The highest BCUT2D eigenvalue weighted by Gasteiger charge is 2.28. The lowest BCUT2D eigenvalue weighted by molar-refractivity contribution is -0.139. The number of rotatable bonds is 6. The maximum absolute atomic E-state index is 10.5. The number of carbonyl (C=O) groups is 1. The van der Waals surface area contributed by atoms with Gasteiger partial charge in [-0.3, -0.25) is 9.69 Å². The number of aliphatic carboxylic acids is 1. The van der Waals surface area contributed by atoms with E-state index in [0.29, 0.717) is 12.5 Å². The standard InChI is InChI=1S/C14H19NO3/c1-2-18-13-5-3-4-11(6-13)8-15-9-12(10-15)7-14(16)17/h3-6,12H,2,7-10H2,1H3,(H,16,17). The average Bonchev–Trinajstić information content (AvgIpc) is 2.26. The minimum Gasteiger partial charge on any atom is -0.494 e. The second-order valence-corrected chi connectivity index (χ2v) is 4.74. The Morgan fingerprint density at radius 3 is 2.94 bits per heavy atom. The van der Waals surface area contributed by atoms with Crippen molar-refractivity contribution in [2.45, 2.75) is 19.9 Å². The lowest BCUT2D eigenvalue weighted by atomic mass is 9.96. The number of hydrogen-bond donors (Lipinski definition) is 1. The van der Waals surface area contributed by atoms with E-state index in [-0.39, 0.29) is 6.42 Å². The maximum Gasteiger partial charge on any atom is 0.303 e. The second-order valence-electron chi connectivity index (χ2n) is 4.74. The minimum atomic E-state index is -0.696. The molecule has 1 saturated heterocycles. The zero-order valence-corrected chi connectivity index (χ0v) is 10.6. The van der Waals surface area contributed by atoms with Gasteiger partial charge >= 0.3 is 5.97 Å². The molecule has 1 aliphatic heterocycles. The van der Waals surface area contributed by atoms with Crippen LogP contribution in [0.2, 0.25) is 0 Å². The molecule has 0 spiro atoms. The minimum absolute atomic E-state index is 0.287. The Labute approximate surface area is 107 Å². The molecule has 1 aliphatic rings. The number of likely N-dealkylation sites (tertiary alicyclic amines) is 1. The molecule has 4 nitrogen and oxygen atoms in total. The van der Waals surface area contributed by atoms with Crippen LogP contribution in [0, 0.1) is 5.92 Å². The van der Waals surface area contributed by atoms with E-state index >= 15 is 0 Å². The van der Waals surface area contributed by atoms with Gasteiger partial charge in [-0.1, -0.05) is 12.1 Å². The van der Waals surface area contributed by atoms with Gasteiger partial charge in [-0.15, -0.1) is 0 Å². The van der Waals surface area contributed by atoms with E-state index in [2.05, 4.69) is 11.0 Å². The highest BCUT2D eigenvalue weighted by atomic mass is 16.5. The van der Waals surface area contributed by atoms with Crippen molar-refractivity contribution in [3.05, 3.63) is 29.8 Å². The first kappa shape index (κ1) is 12.9. The topological polar surface area (TPSA) is 49.8 Å². The summed E-state index contributed by atoms with van der Waals surface area (Å²) in [6.45, 7) is 5.28. The number of carboxylic acid groups (broad SMARTS) is 1. The fourth-order valence-electron chi connectivity index (χ4n) is 2.34. The van der Waals surface area contributed by atoms with Crippen LogP contribution in [0.3, 0.4) is 0 Å². The van der Waals surface area contributed by atoms with Gasteiger partial charge in [-0.2, -0.15) is 0 Å². The third-order valence-electron chi connectivity index (χ3n) is 3.11. The van der Waals surface area contributed by atoms with Crippen molar-refractivity contribution in [3.63, 3.8) is 0 Å². The van der Waals surface area contributed by atoms with Gasteiger partial charge in [0.15, 0.2) is 0 Å². The predicted molar refractivity (Wildman–Crippen MR) is 68.6 cm³/mol. The summed E-state index contributed by atoms with van der Waals surface area (Å²) in [5, 5.41) is 8.69. The SMILES string of the molecule is CCOc1cccc(CN2CC(CC(=O)O)C2)c1. The Kier molecular flexibility index (Phi) is 4.20. The number of nitrogens with zero attached hydrogens (tertiary/aromatic N) is 1. The monoisotopic (exact) mass is 249 g/mol. The molecular formula is C14H19NO3. The molecule has 1 N–H and O–H groups in total. The van der Waals surface area contributed by atoms with Crippen LogP contribution in [0.4, 0.5) is 0 Å². The molecule has 4 heteroatoms. The lowest BCUT2D eigenvalue weighted by Crippen LogP contribution is -2.46. The Hall–Kier alpha value is -1.55. The van der Waals surface area contributed by atoms with E-state index < -0.39 is 5.97 Å². The highest BCUT2D eigenvalue weighted by molar-refractivity contribution is 5.67. The van der Waals surface area contributed by atoms with E-state index in [1.807, 2.05) is 25.1 Å². The summed E-state index contributed by atoms with van der Waals surface area (Å²) >= 11 is 0. The molecule has 1 heterocycles. The largest absolute Gasteiger partial charge is 0.494 e. The molecule has 0 atom stereocenters. The fourth-order valence-corrected chi connectivity index (χ4v) is 2.34. The quantitative estimate of drug-likeness (QED) is 0.837. The summed E-state index contributed by atoms with van der Waals surface area (Å²) in [5.74, 6) is 0.521. The van der Waals surface area contributed by atoms with Crippen molar-refractivity contribution < 1.29 is 14.6 Å². The lowest BCUT2D eigenvalue weighted by Gasteiger charge is -2.38. The molecule has 18 heavy (non-hydrogen) atoms. The van der Waals surface area contributed by atoms with Gasteiger partial charge in [-0.05, 0) is 30.5 Å². The Balaban J connectivity index is 1.81. The summed E-state index contributed by atoms with van der Waals surface area (Å²) in [5.41, 5.74) is 1.22. The van der Waals surface area contributed by atoms with Gasteiger partial charge in [0, 0.05) is 19.6 Å². The van der Waals surface area contributed by atoms with Crippen LogP contribution < -0.4 is 4.74 Å². The predicted octanol–water partition coefficient (Wildman–Crippen LogP) is 1.99. The van der Waals surface area contributed by atoms with Gasteiger partial charge in [0.25, 0.3) is 0 Å². The smallest absolute Gasteiger partial charge is 0.303 e. The van der Waals surface area contributed by atoms with Crippen molar-refractivity contribution in [1.29, 1.82) is 0 Å². The van der Waals surface area contributed by atoms with E-state index in [1.165, 1.54) is 5.56 Å². The average molecular weight is 249 g/mol. The number of hydrogen-bond acceptors (Lipinski definition) is 3. The molecule has 1 fully saturated rings. The van der Waals surface area contributed by atoms with Gasteiger partial charge in [-0.25, -0.2) is 0 Å². The molecule has 98 valence electrons. The van der Waals surface area contributed by atoms with Crippen molar-refractivity contribution in [2.75, 3.05) is 19.7 Å². The Morgan fingerprint density at radius 1 is 1.50 bits per heavy atom. The number of carboxylic acids is 1. The molecule has 0 aromatic heterocycles. The molecule has 0 bridgehead atoms. The summed E-state index contributed by atoms with van der Waals surface area (Å²) in [6.07, 6.45) is 0.287. The Bertz CT molecular complexity index is 413. The van der Waals surface area contributed by atoms with Crippen LogP contribution >= 0.6 is 0 Å². The van der Waals surface area contributed by atoms with Gasteiger partial charge in [0.05, 0.1) is 13.0 Å². The van der Waals surface area contributed by atoms with Crippen molar-refractivity contribution in [1.82, 2.24) is 4.90 Å². The highest BCUT2D eigenvalue weighted by Crippen LogP contribution is 2.22. The van der Waals surface area contributed by atoms with Crippen molar-refractivity contribution in [3.8, 4) is 5.75 Å². The summed E-state index contributed by atoms with van der Waals surface area (Å²) in [7, 11) is 0. The third kappa shape index (κ3) is 3.47. The normalized spacial score (nSPS) is 16.3. The van der Waals surface area contributed by atoms with Crippen LogP contribution in [0.25, 0.3) is 0 Å². The zero-order valence-electron chi connectivity index (χ0n) is 10.6. The fraction of sp³-hybridized carbons (Fsp3) is 0.500. The van der Waals surface area contributed by atoms with E-state index in [9.17, 15) is 4.79 Å². The second kappa shape index (κ2) is 5.87. The van der Waals surface area contributed by atoms with Gasteiger partial charge < -0.3 is 9.84 Å². The molecule has 0 aliphatic carbocycles. The van der Waals surface area contributed by atoms with E-state index in [4.69, 9.17) is 9.84 Å². The first-order chi connectivity index (χ1) is 8.67. The number of ether oxygens (including phenoxy) is 1. The van der Waals surface area contributed by atoms with Gasteiger partial charge in [0.2, 0.25) is 0 Å². The Morgan fingerprint density at radius 2 is 2.28 bits per heavy atom. The van der Waals surface area contributed by atoms with E-state index in [0.717, 1.165) is 25.4 Å². The zero-order chi connectivity index (χ0) is 13.0. The van der Waals surface area contributed by atoms with Crippen molar-refractivity contribution >= 4 is 5.97 Å². The maximum atomic E-state index is 10.5. The van der Waals surface area contributed by atoms with Crippen LogP contribution in [0.5, 0.6) is 5.75 Å². The van der Waals surface area contributed by atoms with Crippen molar-refractivity contribution in [2.24, 2.45) is 5.92 Å². The van der Waals surface area contributed by atoms with Crippen LogP contribution in [0.15, 0.2) is 24.3 Å². The molecule has 2 rings (SSSR count). The first-order valence-electron chi connectivity index (χ1n) is 6.33. The molecule has 0 unspecified atom stereocenters. The molecule has 0 amide bonds. The van der Waals surface area contributed by atoms with Crippen LogP contribution in [0.1, 0.15) is 18.9 Å². The van der Waals surface area contributed by atoms with Gasteiger partial charge in [0.1, 0.15) is 5.75 Å².